The summed E-state index contributed by atoms with van der Waals surface area (Å²) in [5, 5.41) is 0. The molecule has 0 radical (unpaired) electrons. The summed E-state index contributed by atoms with van der Waals surface area (Å²) in [7, 11) is 0. The van der Waals surface area contributed by atoms with E-state index >= 15 is 0 Å². The van der Waals surface area contributed by atoms with Crippen molar-refractivity contribution in [3.8, 4) is 0 Å². The first-order valence-electron chi connectivity index (χ1n) is 6.67. The van der Waals surface area contributed by atoms with Crippen LogP contribution < -0.4 is 0 Å². The monoisotopic (exact) mass is 338 g/mol. The fourth-order valence-electron chi connectivity index (χ4n) is 2.26. The average Bonchev–Trinajstić information content (AvgIpc) is 2.42. The molecule has 0 bridgehead atoms. The smallest absolute Gasteiger partial charge is 0.0771 e. The zero-order valence-corrected chi connectivity index (χ0v) is 13.3. The van der Waals surface area contributed by atoms with Gasteiger partial charge in [0.15, 0.2) is 0 Å². The first-order chi connectivity index (χ1) is 7.47. The van der Waals surface area contributed by atoms with Gasteiger partial charge in [-0.15, -0.1) is 0 Å². The normalized spacial score (nSPS) is 21.8. The van der Waals surface area contributed by atoms with Gasteiger partial charge in [0.1, 0.15) is 0 Å². The van der Waals surface area contributed by atoms with Crippen LogP contribution in [0.4, 0.5) is 0 Å². The van der Waals surface area contributed by atoms with Crippen LogP contribution in [0.25, 0.3) is 0 Å². The Kier molecular flexibility index (Phi) is 6.06. The highest BCUT2D eigenvalue weighted by molar-refractivity contribution is 14.1. The van der Waals surface area contributed by atoms with E-state index in [4.69, 9.17) is 4.74 Å². The molecule has 96 valence electrons. The van der Waals surface area contributed by atoms with Crippen molar-refractivity contribution in [3.05, 3.63) is 0 Å². The fraction of sp³-hybridized carbons (Fsp3) is 1.00. The standard InChI is InChI=1S/C14H27IO/c1-13(2,3)10-11-16-14(12-15)8-6-4-5-7-9-14/h4-12H2,1-3H3. The second kappa shape index (κ2) is 6.58. The van der Waals surface area contributed by atoms with Gasteiger partial charge in [0.2, 0.25) is 0 Å². The van der Waals surface area contributed by atoms with E-state index in [2.05, 4.69) is 43.4 Å². The Labute approximate surface area is 115 Å². The number of ether oxygens (including phenoxy) is 1. The van der Waals surface area contributed by atoms with Gasteiger partial charge in [-0.1, -0.05) is 69.0 Å². The summed E-state index contributed by atoms with van der Waals surface area (Å²) in [6.07, 6.45) is 9.25. The Bertz CT molecular complexity index is 187. The van der Waals surface area contributed by atoms with E-state index in [0.29, 0.717) is 5.41 Å². The van der Waals surface area contributed by atoms with Gasteiger partial charge in [-0.25, -0.2) is 0 Å². The molecular weight excluding hydrogens is 311 g/mol. The highest BCUT2D eigenvalue weighted by Gasteiger charge is 2.30. The third-order valence-electron chi connectivity index (χ3n) is 3.52. The van der Waals surface area contributed by atoms with Crippen molar-refractivity contribution in [2.24, 2.45) is 5.41 Å². The van der Waals surface area contributed by atoms with Crippen molar-refractivity contribution in [1.82, 2.24) is 0 Å². The summed E-state index contributed by atoms with van der Waals surface area (Å²) in [5.41, 5.74) is 0.611. The van der Waals surface area contributed by atoms with E-state index < -0.39 is 0 Å². The van der Waals surface area contributed by atoms with Crippen LogP contribution in [0.15, 0.2) is 0 Å². The second-order valence-corrected chi connectivity index (χ2v) is 7.15. The highest BCUT2D eigenvalue weighted by atomic mass is 127. The van der Waals surface area contributed by atoms with Crippen molar-refractivity contribution in [3.63, 3.8) is 0 Å². The minimum atomic E-state index is 0.211. The van der Waals surface area contributed by atoms with Crippen LogP contribution in [0, 0.1) is 5.41 Å². The van der Waals surface area contributed by atoms with E-state index in [9.17, 15) is 0 Å². The molecule has 0 spiro atoms. The summed E-state index contributed by atoms with van der Waals surface area (Å²) < 4.78 is 7.43. The lowest BCUT2D eigenvalue weighted by molar-refractivity contribution is -0.0448. The molecule has 0 atom stereocenters. The van der Waals surface area contributed by atoms with E-state index in [1.54, 1.807) is 0 Å². The van der Waals surface area contributed by atoms with Crippen LogP contribution in [-0.4, -0.2) is 16.6 Å². The Morgan fingerprint density at radius 3 is 2.06 bits per heavy atom. The quantitative estimate of drug-likeness (QED) is 0.400. The Balaban J connectivity index is 2.39. The van der Waals surface area contributed by atoms with Gasteiger partial charge in [0.05, 0.1) is 5.60 Å². The predicted molar refractivity (Wildman–Crippen MR) is 79.3 cm³/mol. The molecule has 1 rings (SSSR count). The Hall–Kier alpha value is 0.690. The Morgan fingerprint density at radius 1 is 1.06 bits per heavy atom. The molecule has 0 heterocycles. The molecule has 0 aromatic carbocycles. The molecule has 1 aliphatic carbocycles. The molecule has 2 heteroatoms. The molecule has 0 N–H and O–H groups in total. The molecule has 0 amide bonds. The zero-order valence-electron chi connectivity index (χ0n) is 11.2. The van der Waals surface area contributed by atoms with Crippen molar-refractivity contribution < 1.29 is 4.74 Å². The fourth-order valence-corrected chi connectivity index (χ4v) is 3.25. The van der Waals surface area contributed by atoms with Gasteiger partial charge >= 0.3 is 0 Å². The molecule has 1 fully saturated rings. The SMILES string of the molecule is CC(C)(C)CCOC1(CI)CCCCCC1. The number of hydrogen-bond donors (Lipinski definition) is 0. The van der Waals surface area contributed by atoms with Crippen molar-refractivity contribution >= 4 is 22.6 Å². The second-order valence-electron chi connectivity index (χ2n) is 6.39. The van der Waals surface area contributed by atoms with Gasteiger partial charge in [0.25, 0.3) is 0 Å². The minimum absolute atomic E-state index is 0.211. The molecule has 0 unspecified atom stereocenters. The van der Waals surface area contributed by atoms with Crippen LogP contribution in [0.2, 0.25) is 0 Å². The van der Waals surface area contributed by atoms with Crippen LogP contribution >= 0.6 is 22.6 Å². The van der Waals surface area contributed by atoms with E-state index in [0.717, 1.165) is 11.0 Å². The zero-order chi connectivity index (χ0) is 12.1. The molecular formula is C14H27IO. The molecule has 1 nitrogen and oxygen atoms in total. The van der Waals surface area contributed by atoms with Crippen molar-refractivity contribution in [2.75, 3.05) is 11.0 Å². The molecule has 0 aromatic rings. The topological polar surface area (TPSA) is 9.23 Å². The number of hydrogen-bond acceptors (Lipinski definition) is 1. The van der Waals surface area contributed by atoms with E-state index in [1.807, 2.05) is 0 Å². The summed E-state index contributed by atoms with van der Waals surface area (Å²) in [5.74, 6) is 0. The highest BCUT2D eigenvalue weighted by Crippen LogP contribution is 2.33. The summed E-state index contributed by atoms with van der Waals surface area (Å²) in [6.45, 7) is 7.81. The van der Waals surface area contributed by atoms with E-state index in [-0.39, 0.29) is 5.60 Å². The Morgan fingerprint density at radius 2 is 1.62 bits per heavy atom. The lowest BCUT2D eigenvalue weighted by Crippen LogP contribution is -2.35. The van der Waals surface area contributed by atoms with E-state index in [1.165, 1.54) is 44.9 Å². The third-order valence-corrected chi connectivity index (χ3v) is 4.91. The van der Waals surface area contributed by atoms with Gasteiger partial charge in [-0.05, 0) is 24.7 Å². The van der Waals surface area contributed by atoms with Gasteiger partial charge < -0.3 is 4.74 Å². The van der Waals surface area contributed by atoms with Crippen LogP contribution in [0.1, 0.15) is 65.7 Å². The summed E-state index contributed by atoms with van der Waals surface area (Å²) in [6, 6.07) is 0. The molecule has 0 aromatic heterocycles. The maximum absolute atomic E-state index is 6.27. The van der Waals surface area contributed by atoms with Crippen molar-refractivity contribution in [2.45, 2.75) is 71.3 Å². The van der Waals surface area contributed by atoms with Crippen LogP contribution in [0.5, 0.6) is 0 Å². The maximum Gasteiger partial charge on any atom is 0.0771 e. The number of alkyl halides is 1. The van der Waals surface area contributed by atoms with Crippen LogP contribution in [-0.2, 0) is 4.74 Å². The first kappa shape index (κ1) is 14.7. The molecule has 16 heavy (non-hydrogen) atoms. The summed E-state index contributed by atoms with van der Waals surface area (Å²) >= 11 is 2.51. The molecule has 1 saturated carbocycles. The average molecular weight is 338 g/mol. The lowest BCUT2D eigenvalue weighted by atomic mass is 9.92. The van der Waals surface area contributed by atoms with Gasteiger partial charge in [-0.3, -0.25) is 0 Å². The minimum Gasteiger partial charge on any atom is -0.374 e. The lowest BCUT2D eigenvalue weighted by Gasteiger charge is -2.32. The molecule has 0 saturated heterocycles. The van der Waals surface area contributed by atoms with Crippen molar-refractivity contribution in [1.29, 1.82) is 0 Å². The van der Waals surface area contributed by atoms with Gasteiger partial charge in [0, 0.05) is 11.0 Å². The number of rotatable bonds is 4. The van der Waals surface area contributed by atoms with Crippen LogP contribution in [0.3, 0.4) is 0 Å². The number of halogens is 1. The maximum atomic E-state index is 6.27. The molecule has 1 aliphatic rings. The summed E-state index contributed by atoms with van der Waals surface area (Å²) in [4.78, 5) is 0. The first-order valence-corrected chi connectivity index (χ1v) is 8.20. The molecule has 0 aliphatic heterocycles. The third kappa shape index (κ3) is 5.35. The largest absolute Gasteiger partial charge is 0.374 e. The predicted octanol–water partition coefficient (Wildman–Crippen LogP) is 4.97. The van der Waals surface area contributed by atoms with Gasteiger partial charge in [-0.2, -0.15) is 0 Å².